The van der Waals surface area contributed by atoms with Crippen LogP contribution in [-0.4, -0.2) is 19.3 Å². The summed E-state index contributed by atoms with van der Waals surface area (Å²) in [4.78, 5) is 0. The van der Waals surface area contributed by atoms with Crippen molar-refractivity contribution < 1.29 is 9.31 Å². The van der Waals surface area contributed by atoms with E-state index in [4.69, 9.17) is 9.31 Å². The monoisotopic (exact) mass is 212 g/mol. The van der Waals surface area contributed by atoms with Crippen molar-refractivity contribution in [1.29, 1.82) is 0 Å². The van der Waals surface area contributed by atoms with Gasteiger partial charge in [0.25, 0.3) is 0 Å². The molecule has 2 nitrogen and oxygen atoms in total. The summed E-state index contributed by atoms with van der Waals surface area (Å²) < 4.78 is 12.1. The van der Waals surface area contributed by atoms with E-state index in [2.05, 4.69) is 48.5 Å². The van der Waals surface area contributed by atoms with E-state index >= 15 is 0 Å². The molecule has 1 heterocycles. The molecule has 0 N–H and O–H groups in total. The van der Waals surface area contributed by atoms with E-state index in [1.165, 1.54) is 0 Å². The Bertz CT molecular complexity index is 192. The number of hydrogen-bond acceptors (Lipinski definition) is 2. The summed E-state index contributed by atoms with van der Waals surface area (Å²) in [7, 11) is -0.0581. The highest BCUT2D eigenvalue weighted by Gasteiger charge is 2.47. The zero-order valence-electron chi connectivity index (χ0n) is 11.2. The van der Waals surface area contributed by atoms with Gasteiger partial charge < -0.3 is 9.31 Å². The molecule has 2 atom stereocenters. The molecule has 0 aromatic rings. The summed E-state index contributed by atoms with van der Waals surface area (Å²) in [6.07, 6.45) is 0.489. The predicted molar refractivity (Wildman–Crippen MR) is 64.9 cm³/mol. The van der Waals surface area contributed by atoms with Crippen LogP contribution in [0.3, 0.4) is 0 Å². The van der Waals surface area contributed by atoms with Gasteiger partial charge in [-0.3, -0.25) is 0 Å². The molecule has 0 amide bonds. The molecule has 1 aliphatic heterocycles. The third-order valence-electron chi connectivity index (χ3n) is 2.91. The Labute approximate surface area is 94.9 Å². The van der Waals surface area contributed by atoms with Crippen molar-refractivity contribution >= 4 is 7.12 Å². The van der Waals surface area contributed by atoms with Gasteiger partial charge in [-0.15, -0.1) is 0 Å². The van der Waals surface area contributed by atoms with Crippen molar-refractivity contribution in [2.45, 2.75) is 66.0 Å². The number of hydrogen-bond donors (Lipinski definition) is 0. The second-order valence-corrected chi connectivity index (χ2v) is 6.39. The molecule has 0 saturated carbocycles. The van der Waals surface area contributed by atoms with Gasteiger partial charge in [-0.05, 0) is 17.2 Å². The molecule has 0 aromatic heterocycles. The molecule has 1 aliphatic rings. The molecule has 88 valence electrons. The minimum absolute atomic E-state index is 0.0581. The van der Waals surface area contributed by atoms with Gasteiger partial charge in [0.05, 0.1) is 12.2 Å². The maximum absolute atomic E-state index is 6.04. The van der Waals surface area contributed by atoms with Crippen LogP contribution in [0.1, 0.15) is 48.5 Å². The van der Waals surface area contributed by atoms with Crippen LogP contribution in [0.5, 0.6) is 0 Å². The summed E-state index contributed by atoms with van der Waals surface area (Å²) in [6.45, 7) is 15.3. The Kier molecular flexibility index (Phi) is 3.88. The van der Waals surface area contributed by atoms with Crippen LogP contribution >= 0.6 is 0 Å². The first-order valence-electron chi connectivity index (χ1n) is 6.04. The highest BCUT2D eigenvalue weighted by molar-refractivity contribution is 6.49. The quantitative estimate of drug-likeness (QED) is 0.653. The standard InChI is InChI=1S/C12H25BO2/c1-8(2)10-11(9(3)4)15-13(14-10)12(5,6)7/h8-11H,1-7H3. The van der Waals surface area contributed by atoms with Crippen LogP contribution in [0.15, 0.2) is 0 Å². The molecule has 0 bridgehead atoms. The molecular formula is C12H25BO2. The van der Waals surface area contributed by atoms with Gasteiger partial charge >= 0.3 is 7.12 Å². The van der Waals surface area contributed by atoms with Crippen LogP contribution in [0.25, 0.3) is 0 Å². The van der Waals surface area contributed by atoms with Crippen molar-refractivity contribution in [3.8, 4) is 0 Å². The summed E-state index contributed by atoms with van der Waals surface area (Å²) in [6, 6.07) is 0. The van der Waals surface area contributed by atoms with Gasteiger partial charge in [0.15, 0.2) is 0 Å². The predicted octanol–water partition coefficient (Wildman–Crippen LogP) is 3.37. The normalized spacial score (nSPS) is 28.2. The fourth-order valence-corrected chi connectivity index (χ4v) is 1.95. The molecule has 1 saturated heterocycles. The molecule has 0 spiro atoms. The Balaban J connectivity index is 2.74. The van der Waals surface area contributed by atoms with E-state index in [-0.39, 0.29) is 24.6 Å². The molecule has 1 fully saturated rings. The van der Waals surface area contributed by atoms with Gasteiger partial charge in [0.1, 0.15) is 0 Å². The Morgan fingerprint density at radius 3 is 1.40 bits per heavy atom. The van der Waals surface area contributed by atoms with Crippen LogP contribution in [0.4, 0.5) is 0 Å². The highest BCUT2D eigenvalue weighted by atomic mass is 16.7. The smallest absolute Gasteiger partial charge is 0.405 e. The Hall–Kier alpha value is -0.0151. The second kappa shape index (κ2) is 4.46. The average molecular weight is 212 g/mol. The summed E-state index contributed by atoms with van der Waals surface area (Å²) in [5.41, 5.74) is 0. The maximum Gasteiger partial charge on any atom is 0.463 e. The summed E-state index contributed by atoms with van der Waals surface area (Å²) >= 11 is 0. The van der Waals surface area contributed by atoms with Crippen LogP contribution in [0, 0.1) is 11.8 Å². The maximum atomic E-state index is 6.04. The molecular weight excluding hydrogens is 187 g/mol. The minimum atomic E-state index is -0.0581. The van der Waals surface area contributed by atoms with E-state index in [1.807, 2.05) is 0 Å². The lowest BCUT2D eigenvalue weighted by Gasteiger charge is -2.24. The van der Waals surface area contributed by atoms with Crippen molar-refractivity contribution in [3.63, 3.8) is 0 Å². The topological polar surface area (TPSA) is 18.5 Å². The lowest BCUT2D eigenvalue weighted by molar-refractivity contribution is 0.0815. The van der Waals surface area contributed by atoms with Gasteiger partial charge in [-0.2, -0.15) is 0 Å². The molecule has 3 heteroatoms. The average Bonchev–Trinajstić information content (AvgIpc) is 2.45. The third kappa shape index (κ3) is 2.98. The van der Waals surface area contributed by atoms with E-state index in [1.54, 1.807) is 0 Å². The first-order valence-corrected chi connectivity index (χ1v) is 6.04. The largest absolute Gasteiger partial charge is 0.463 e. The van der Waals surface area contributed by atoms with Crippen molar-refractivity contribution in [2.75, 3.05) is 0 Å². The molecule has 0 radical (unpaired) electrons. The molecule has 2 unspecified atom stereocenters. The van der Waals surface area contributed by atoms with E-state index in [0.29, 0.717) is 11.8 Å². The van der Waals surface area contributed by atoms with Crippen molar-refractivity contribution in [1.82, 2.24) is 0 Å². The fourth-order valence-electron chi connectivity index (χ4n) is 1.95. The fraction of sp³-hybridized carbons (Fsp3) is 1.00. The van der Waals surface area contributed by atoms with E-state index < -0.39 is 0 Å². The SMILES string of the molecule is CC(C)C1OB(C(C)(C)C)OC1C(C)C. The minimum Gasteiger partial charge on any atom is -0.405 e. The molecule has 0 aromatic carbocycles. The lowest BCUT2D eigenvalue weighted by atomic mass is 9.61. The zero-order valence-corrected chi connectivity index (χ0v) is 11.2. The third-order valence-corrected chi connectivity index (χ3v) is 2.91. The van der Waals surface area contributed by atoms with Crippen LogP contribution in [0.2, 0.25) is 5.31 Å². The van der Waals surface area contributed by atoms with Gasteiger partial charge in [-0.25, -0.2) is 0 Å². The molecule has 1 rings (SSSR count). The zero-order chi connectivity index (χ0) is 11.8. The lowest BCUT2D eigenvalue weighted by Crippen LogP contribution is -2.31. The van der Waals surface area contributed by atoms with E-state index in [9.17, 15) is 0 Å². The van der Waals surface area contributed by atoms with Gasteiger partial charge in [-0.1, -0.05) is 48.5 Å². The Morgan fingerprint density at radius 2 is 1.20 bits per heavy atom. The Morgan fingerprint density at radius 1 is 0.867 bits per heavy atom. The van der Waals surface area contributed by atoms with Crippen LogP contribution in [-0.2, 0) is 9.31 Å². The molecule has 15 heavy (non-hydrogen) atoms. The number of rotatable bonds is 2. The first kappa shape index (κ1) is 13.1. The van der Waals surface area contributed by atoms with Crippen molar-refractivity contribution in [2.24, 2.45) is 11.8 Å². The van der Waals surface area contributed by atoms with E-state index in [0.717, 1.165) is 0 Å². The summed E-state index contributed by atoms with van der Waals surface area (Å²) in [5.74, 6) is 1.04. The van der Waals surface area contributed by atoms with Crippen LogP contribution < -0.4 is 0 Å². The molecule has 0 aliphatic carbocycles. The first-order chi connectivity index (χ1) is 6.73. The highest BCUT2D eigenvalue weighted by Crippen LogP contribution is 2.38. The van der Waals surface area contributed by atoms with Gasteiger partial charge in [0, 0.05) is 0 Å². The summed E-state index contributed by atoms with van der Waals surface area (Å²) in [5, 5.41) is 0.0663. The van der Waals surface area contributed by atoms with Crippen molar-refractivity contribution in [3.05, 3.63) is 0 Å². The van der Waals surface area contributed by atoms with Gasteiger partial charge in [0.2, 0.25) is 0 Å². The second-order valence-electron chi connectivity index (χ2n) is 6.39.